The Morgan fingerprint density at radius 2 is 1.70 bits per heavy atom. The Labute approximate surface area is 151 Å². The van der Waals surface area contributed by atoms with Crippen molar-refractivity contribution >= 4 is 60.8 Å². The maximum absolute atomic E-state index is 12.8. The van der Waals surface area contributed by atoms with E-state index in [9.17, 15) is 13.2 Å². The molecule has 0 fully saturated rings. The first kappa shape index (κ1) is 18.1. The molecule has 0 radical (unpaired) electrons. The monoisotopic (exact) mass is 437 g/mol. The normalized spacial score (nSPS) is 11.3. The minimum absolute atomic E-state index is 0.0684. The molecule has 2 aromatic rings. The lowest BCUT2D eigenvalue weighted by atomic mass is 10.3. The SMILES string of the molecule is O=C(O)CN(c1ccc(Br)cc1)S(=O)(=O)c1ccc(Cl)c(Cl)c1. The fourth-order valence-electron chi connectivity index (χ4n) is 1.81. The molecule has 0 aromatic heterocycles. The highest BCUT2D eigenvalue weighted by Gasteiger charge is 2.27. The van der Waals surface area contributed by atoms with Crippen LogP contribution in [0.1, 0.15) is 0 Å². The number of benzene rings is 2. The van der Waals surface area contributed by atoms with Gasteiger partial charge in [0.25, 0.3) is 10.0 Å². The third-order valence-electron chi connectivity index (χ3n) is 2.87. The molecule has 0 amide bonds. The zero-order valence-corrected chi connectivity index (χ0v) is 15.3. The maximum Gasteiger partial charge on any atom is 0.324 e. The van der Waals surface area contributed by atoms with Gasteiger partial charge in [-0.2, -0.15) is 0 Å². The van der Waals surface area contributed by atoms with Crippen molar-refractivity contribution in [2.24, 2.45) is 0 Å². The lowest BCUT2D eigenvalue weighted by Gasteiger charge is -2.23. The van der Waals surface area contributed by atoms with Gasteiger partial charge in [-0.25, -0.2) is 8.42 Å². The van der Waals surface area contributed by atoms with Crippen molar-refractivity contribution in [3.05, 3.63) is 57.0 Å². The predicted molar refractivity (Wildman–Crippen MR) is 92.8 cm³/mol. The van der Waals surface area contributed by atoms with Crippen molar-refractivity contribution in [2.45, 2.75) is 4.90 Å². The van der Waals surface area contributed by atoms with Gasteiger partial charge in [-0.15, -0.1) is 0 Å². The zero-order valence-electron chi connectivity index (χ0n) is 11.4. The highest BCUT2D eigenvalue weighted by Crippen LogP contribution is 2.29. The Bertz CT molecular complexity index is 840. The van der Waals surface area contributed by atoms with E-state index >= 15 is 0 Å². The molecule has 0 unspecified atom stereocenters. The summed E-state index contributed by atoms with van der Waals surface area (Å²) in [6, 6.07) is 10.1. The van der Waals surface area contributed by atoms with Crippen LogP contribution in [0.2, 0.25) is 10.0 Å². The number of halogens is 3. The van der Waals surface area contributed by atoms with E-state index in [1.807, 2.05) is 0 Å². The second-order valence-electron chi connectivity index (χ2n) is 4.46. The average molecular weight is 439 g/mol. The first-order valence-electron chi connectivity index (χ1n) is 6.17. The van der Waals surface area contributed by atoms with E-state index in [0.717, 1.165) is 8.78 Å². The van der Waals surface area contributed by atoms with E-state index in [-0.39, 0.29) is 20.6 Å². The van der Waals surface area contributed by atoms with Gasteiger partial charge >= 0.3 is 5.97 Å². The molecule has 0 saturated carbocycles. The number of hydrogen-bond acceptors (Lipinski definition) is 3. The largest absolute Gasteiger partial charge is 0.480 e. The van der Waals surface area contributed by atoms with Gasteiger partial charge in [0, 0.05) is 4.47 Å². The maximum atomic E-state index is 12.8. The number of carboxylic acids is 1. The van der Waals surface area contributed by atoms with Crippen LogP contribution in [0.4, 0.5) is 5.69 Å². The van der Waals surface area contributed by atoms with Crippen molar-refractivity contribution in [3.8, 4) is 0 Å². The van der Waals surface area contributed by atoms with Crippen LogP contribution < -0.4 is 4.31 Å². The number of nitrogens with zero attached hydrogens (tertiary/aromatic N) is 1. The second-order valence-corrected chi connectivity index (χ2v) is 8.05. The van der Waals surface area contributed by atoms with Crippen LogP contribution in [0, 0.1) is 0 Å². The summed E-state index contributed by atoms with van der Waals surface area (Å²) in [6.07, 6.45) is 0. The molecule has 0 heterocycles. The van der Waals surface area contributed by atoms with E-state index in [4.69, 9.17) is 28.3 Å². The lowest BCUT2D eigenvalue weighted by Crippen LogP contribution is -2.35. The summed E-state index contributed by atoms with van der Waals surface area (Å²) in [5.74, 6) is -1.28. The molecule has 0 aliphatic heterocycles. The van der Waals surface area contributed by atoms with Crippen molar-refractivity contribution < 1.29 is 18.3 Å². The molecule has 2 aromatic carbocycles. The summed E-state index contributed by atoms with van der Waals surface area (Å²) in [4.78, 5) is 10.9. The van der Waals surface area contributed by atoms with Gasteiger partial charge in [-0.05, 0) is 42.5 Å². The second kappa shape index (κ2) is 7.09. The molecular weight excluding hydrogens is 429 g/mol. The van der Waals surface area contributed by atoms with Crippen LogP contribution in [0.5, 0.6) is 0 Å². The minimum Gasteiger partial charge on any atom is -0.480 e. The molecule has 0 aliphatic rings. The molecule has 122 valence electrons. The van der Waals surface area contributed by atoms with Crippen molar-refractivity contribution in [3.63, 3.8) is 0 Å². The number of rotatable bonds is 5. The Hall–Kier alpha value is -1.28. The lowest BCUT2D eigenvalue weighted by molar-refractivity contribution is -0.135. The first-order valence-corrected chi connectivity index (χ1v) is 9.16. The first-order chi connectivity index (χ1) is 10.7. The molecule has 0 atom stereocenters. The fourth-order valence-corrected chi connectivity index (χ4v) is 3.88. The minimum atomic E-state index is -4.11. The smallest absolute Gasteiger partial charge is 0.324 e. The standard InChI is InChI=1S/C14H10BrCl2NO4S/c15-9-1-3-10(4-2-9)18(8-14(19)20)23(21,22)11-5-6-12(16)13(17)7-11/h1-7H,8H2,(H,19,20). The van der Waals surface area contributed by atoms with Gasteiger partial charge in [-0.1, -0.05) is 39.1 Å². The van der Waals surface area contributed by atoms with E-state index in [0.29, 0.717) is 0 Å². The van der Waals surface area contributed by atoms with E-state index < -0.39 is 22.5 Å². The highest BCUT2D eigenvalue weighted by molar-refractivity contribution is 9.10. The molecule has 0 bridgehead atoms. The molecule has 5 nitrogen and oxygen atoms in total. The molecule has 1 N–H and O–H groups in total. The van der Waals surface area contributed by atoms with Gasteiger partial charge in [0.1, 0.15) is 6.54 Å². The molecule has 0 saturated heterocycles. The molecule has 2 rings (SSSR count). The molecule has 23 heavy (non-hydrogen) atoms. The van der Waals surface area contributed by atoms with Crippen LogP contribution >= 0.6 is 39.1 Å². The number of sulfonamides is 1. The highest BCUT2D eigenvalue weighted by atomic mass is 79.9. The molecule has 9 heteroatoms. The Kier molecular flexibility index (Phi) is 5.57. The van der Waals surface area contributed by atoms with Gasteiger partial charge in [-0.3, -0.25) is 9.10 Å². The third-order valence-corrected chi connectivity index (χ3v) is 5.91. The zero-order chi connectivity index (χ0) is 17.2. The number of hydrogen-bond donors (Lipinski definition) is 1. The van der Waals surface area contributed by atoms with Crippen LogP contribution in [0.3, 0.4) is 0 Å². The van der Waals surface area contributed by atoms with Crippen molar-refractivity contribution in [1.29, 1.82) is 0 Å². The van der Waals surface area contributed by atoms with E-state index in [1.165, 1.54) is 30.3 Å². The van der Waals surface area contributed by atoms with Crippen LogP contribution in [-0.4, -0.2) is 26.0 Å². The van der Waals surface area contributed by atoms with Gasteiger partial charge < -0.3 is 5.11 Å². The Morgan fingerprint density at radius 3 is 2.22 bits per heavy atom. The number of carbonyl (C=O) groups is 1. The predicted octanol–water partition coefficient (Wildman–Crippen LogP) is 4.04. The number of carboxylic acid groups (broad SMARTS) is 1. The molecular formula is C14H10BrCl2NO4S. The summed E-state index contributed by atoms with van der Waals surface area (Å²) in [7, 11) is -4.11. The van der Waals surface area contributed by atoms with Crippen molar-refractivity contribution in [1.82, 2.24) is 0 Å². The fraction of sp³-hybridized carbons (Fsp3) is 0.0714. The topological polar surface area (TPSA) is 74.7 Å². The third kappa shape index (κ3) is 4.17. The Balaban J connectivity index is 2.54. The average Bonchev–Trinajstić information content (AvgIpc) is 2.48. The van der Waals surface area contributed by atoms with E-state index in [1.54, 1.807) is 12.1 Å². The van der Waals surface area contributed by atoms with Crippen LogP contribution in [0.15, 0.2) is 51.8 Å². The number of aliphatic carboxylic acids is 1. The van der Waals surface area contributed by atoms with Crippen LogP contribution in [-0.2, 0) is 14.8 Å². The number of anilines is 1. The van der Waals surface area contributed by atoms with Gasteiger partial charge in [0.2, 0.25) is 0 Å². The van der Waals surface area contributed by atoms with Gasteiger partial charge in [0.15, 0.2) is 0 Å². The molecule has 0 aliphatic carbocycles. The van der Waals surface area contributed by atoms with E-state index in [2.05, 4.69) is 15.9 Å². The summed E-state index contributed by atoms with van der Waals surface area (Å²) in [5.41, 5.74) is 0.224. The summed E-state index contributed by atoms with van der Waals surface area (Å²) in [6.45, 7) is -0.718. The quantitative estimate of drug-likeness (QED) is 0.764. The summed E-state index contributed by atoms with van der Waals surface area (Å²) >= 11 is 14.9. The van der Waals surface area contributed by atoms with Crippen molar-refractivity contribution in [2.75, 3.05) is 10.8 Å². The van der Waals surface area contributed by atoms with Crippen LogP contribution in [0.25, 0.3) is 0 Å². The Morgan fingerprint density at radius 1 is 1.09 bits per heavy atom. The van der Waals surface area contributed by atoms with Gasteiger partial charge in [0.05, 0.1) is 20.6 Å². The summed E-state index contributed by atoms with van der Waals surface area (Å²) < 4.78 is 27.1. The molecule has 0 spiro atoms. The summed E-state index contributed by atoms with van der Waals surface area (Å²) in [5, 5.41) is 9.32.